The van der Waals surface area contributed by atoms with Gasteiger partial charge in [0.2, 0.25) is 11.8 Å². The van der Waals surface area contributed by atoms with Gasteiger partial charge in [0.05, 0.1) is 41.4 Å². The molecule has 1 fully saturated rings. The van der Waals surface area contributed by atoms with Crippen LogP contribution in [0.4, 0.5) is 5.69 Å². The van der Waals surface area contributed by atoms with Crippen molar-refractivity contribution in [2.24, 2.45) is 17.8 Å². The smallest absolute Gasteiger partial charge is 0.339 e. The molecule has 0 radical (unpaired) electrons. The lowest BCUT2D eigenvalue weighted by molar-refractivity contribution is -0.122. The molecule has 0 N–H and O–H groups in total. The number of aryl methyl sites for hydroxylation is 1. The van der Waals surface area contributed by atoms with Gasteiger partial charge in [-0.05, 0) is 55.2 Å². The average molecular weight is 575 g/mol. The number of amides is 2. The predicted octanol–water partition coefficient (Wildman–Crippen LogP) is 5.96. The molecule has 1 aliphatic carbocycles. The molecule has 1 aromatic heterocycles. The van der Waals surface area contributed by atoms with Crippen LogP contribution >= 0.6 is 0 Å². The molecule has 0 bridgehead atoms. The van der Waals surface area contributed by atoms with Crippen molar-refractivity contribution in [3.05, 3.63) is 102 Å². The topological polar surface area (TPSA) is 103 Å². The molecule has 0 saturated carbocycles. The van der Waals surface area contributed by atoms with Crippen molar-refractivity contribution in [3.63, 3.8) is 0 Å². The summed E-state index contributed by atoms with van der Waals surface area (Å²) in [5.74, 6) is -1.48. The molecule has 43 heavy (non-hydrogen) atoms. The number of imide groups is 1. The molecule has 6 rings (SSSR count). The summed E-state index contributed by atoms with van der Waals surface area (Å²) in [5.41, 5.74) is 3.88. The number of hydrogen-bond acceptors (Lipinski definition) is 7. The minimum Gasteiger partial charge on any atom is -0.497 e. The van der Waals surface area contributed by atoms with Gasteiger partial charge < -0.3 is 9.47 Å². The summed E-state index contributed by atoms with van der Waals surface area (Å²) in [6.07, 6.45) is 4.55. The van der Waals surface area contributed by atoms with E-state index in [-0.39, 0.29) is 40.9 Å². The highest BCUT2D eigenvalue weighted by Gasteiger charge is 2.50. The number of allylic oxidation sites excluding steroid dienone is 2. The Morgan fingerprint density at radius 1 is 0.977 bits per heavy atom. The monoisotopic (exact) mass is 574 g/mol. The molecular formula is C35H30N2O6. The molecule has 1 aliphatic heterocycles. The quantitative estimate of drug-likeness (QED) is 0.116. The number of hydrogen-bond donors (Lipinski definition) is 0. The Labute approximate surface area is 248 Å². The van der Waals surface area contributed by atoms with Crippen molar-refractivity contribution in [2.75, 3.05) is 18.6 Å². The molecule has 4 aromatic rings. The van der Waals surface area contributed by atoms with Crippen LogP contribution in [0, 0.1) is 24.7 Å². The number of rotatable bonds is 7. The summed E-state index contributed by atoms with van der Waals surface area (Å²) in [6, 6.07) is 20.9. The number of para-hydroxylation sites is 1. The van der Waals surface area contributed by atoms with E-state index in [1.54, 1.807) is 60.7 Å². The predicted molar refractivity (Wildman–Crippen MR) is 162 cm³/mol. The molecule has 3 aromatic carbocycles. The average Bonchev–Trinajstić information content (AvgIpc) is 3.29. The first-order valence-electron chi connectivity index (χ1n) is 14.2. The van der Waals surface area contributed by atoms with Crippen molar-refractivity contribution in [2.45, 2.75) is 20.3 Å². The SMILES string of the molecule is COc1cccc(C(=O)COC(=O)c2cc(-c3ccc(N4C(=O)C5CC=CC(C)C5C4=O)cc3)nc3c(C)cccc23)c1. The van der Waals surface area contributed by atoms with Crippen LogP contribution in [0.25, 0.3) is 22.2 Å². The van der Waals surface area contributed by atoms with E-state index in [2.05, 4.69) is 0 Å². The zero-order chi connectivity index (χ0) is 30.2. The minimum absolute atomic E-state index is 0.00788. The number of nitrogens with zero attached hydrogens (tertiary/aromatic N) is 2. The van der Waals surface area contributed by atoms with Crippen LogP contribution in [0.3, 0.4) is 0 Å². The highest BCUT2D eigenvalue weighted by Crippen LogP contribution is 2.41. The van der Waals surface area contributed by atoms with Crippen LogP contribution in [0.15, 0.2) is 84.9 Å². The van der Waals surface area contributed by atoms with E-state index in [4.69, 9.17) is 14.5 Å². The number of ether oxygens (including phenoxy) is 2. The molecule has 3 atom stereocenters. The molecule has 2 amide bonds. The maximum absolute atomic E-state index is 13.3. The molecule has 8 heteroatoms. The minimum atomic E-state index is -0.647. The summed E-state index contributed by atoms with van der Waals surface area (Å²) >= 11 is 0. The number of Topliss-reactive ketones (excluding diaryl/α,β-unsaturated/α-hetero) is 1. The van der Waals surface area contributed by atoms with Crippen molar-refractivity contribution < 1.29 is 28.7 Å². The third-order valence-electron chi connectivity index (χ3n) is 8.28. The van der Waals surface area contributed by atoms with Gasteiger partial charge in [0.15, 0.2) is 12.4 Å². The summed E-state index contributed by atoms with van der Waals surface area (Å²) in [5, 5.41) is 0.609. The summed E-state index contributed by atoms with van der Waals surface area (Å²) < 4.78 is 10.7. The maximum Gasteiger partial charge on any atom is 0.339 e. The Morgan fingerprint density at radius 2 is 1.74 bits per heavy atom. The number of ketones is 1. The van der Waals surface area contributed by atoms with Gasteiger partial charge in [-0.1, -0.05) is 61.5 Å². The van der Waals surface area contributed by atoms with Crippen LogP contribution < -0.4 is 9.64 Å². The normalized spacial score (nSPS) is 19.4. The lowest BCUT2D eigenvalue weighted by Crippen LogP contribution is -2.31. The number of carbonyl (C=O) groups excluding carboxylic acids is 4. The summed E-state index contributed by atoms with van der Waals surface area (Å²) in [6.45, 7) is 3.44. The fraction of sp³-hybridized carbons (Fsp3) is 0.229. The fourth-order valence-corrected chi connectivity index (χ4v) is 5.98. The zero-order valence-corrected chi connectivity index (χ0v) is 24.1. The van der Waals surface area contributed by atoms with Crippen LogP contribution in [0.5, 0.6) is 5.75 Å². The molecule has 8 nitrogen and oxygen atoms in total. The third kappa shape index (κ3) is 5.09. The number of aromatic nitrogens is 1. The van der Waals surface area contributed by atoms with E-state index in [1.807, 2.05) is 38.1 Å². The molecule has 2 heterocycles. The Kier molecular flexibility index (Phi) is 7.36. The van der Waals surface area contributed by atoms with E-state index in [1.165, 1.54) is 12.0 Å². The number of fused-ring (bicyclic) bond motifs is 2. The van der Waals surface area contributed by atoms with E-state index >= 15 is 0 Å². The van der Waals surface area contributed by atoms with Crippen LogP contribution in [0.2, 0.25) is 0 Å². The Hall–Kier alpha value is -5.11. The second kappa shape index (κ2) is 11.3. The van der Waals surface area contributed by atoms with E-state index in [9.17, 15) is 19.2 Å². The molecule has 1 saturated heterocycles. The second-order valence-electron chi connectivity index (χ2n) is 11.0. The van der Waals surface area contributed by atoms with Gasteiger partial charge in [0.1, 0.15) is 5.75 Å². The van der Waals surface area contributed by atoms with Gasteiger partial charge in [-0.25, -0.2) is 9.78 Å². The first kappa shape index (κ1) is 28.0. The van der Waals surface area contributed by atoms with Gasteiger partial charge in [0.25, 0.3) is 0 Å². The van der Waals surface area contributed by atoms with Crippen LogP contribution in [-0.4, -0.2) is 42.3 Å². The maximum atomic E-state index is 13.3. The summed E-state index contributed by atoms with van der Waals surface area (Å²) in [7, 11) is 1.51. The van der Waals surface area contributed by atoms with E-state index in [0.29, 0.717) is 45.6 Å². The molecule has 0 spiro atoms. The number of pyridine rings is 1. The zero-order valence-electron chi connectivity index (χ0n) is 24.1. The molecule has 2 aliphatic rings. The Morgan fingerprint density at radius 3 is 2.49 bits per heavy atom. The number of esters is 1. The van der Waals surface area contributed by atoms with E-state index < -0.39 is 12.6 Å². The summed E-state index contributed by atoms with van der Waals surface area (Å²) in [4.78, 5) is 58.6. The largest absolute Gasteiger partial charge is 0.497 e. The van der Waals surface area contributed by atoms with Crippen LogP contribution in [-0.2, 0) is 14.3 Å². The van der Waals surface area contributed by atoms with Crippen molar-refractivity contribution in [3.8, 4) is 17.0 Å². The van der Waals surface area contributed by atoms with Crippen LogP contribution in [0.1, 0.15) is 39.6 Å². The number of anilines is 1. The van der Waals surface area contributed by atoms with Crippen molar-refractivity contribution >= 4 is 40.2 Å². The first-order valence-corrected chi connectivity index (χ1v) is 14.2. The highest BCUT2D eigenvalue weighted by atomic mass is 16.5. The third-order valence-corrected chi connectivity index (χ3v) is 8.28. The Balaban J connectivity index is 1.28. The molecule has 3 unspecified atom stereocenters. The second-order valence-corrected chi connectivity index (χ2v) is 11.0. The van der Waals surface area contributed by atoms with Gasteiger partial charge in [0, 0.05) is 16.5 Å². The van der Waals surface area contributed by atoms with Crippen molar-refractivity contribution in [1.29, 1.82) is 0 Å². The lowest BCUT2D eigenvalue weighted by atomic mass is 9.78. The number of benzene rings is 3. The van der Waals surface area contributed by atoms with Gasteiger partial charge in [-0.2, -0.15) is 0 Å². The first-order chi connectivity index (χ1) is 20.8. The standard InChI is InChI=1S/C35H30N2O6/c1-20-7-4-12-27-31(20)34(40)37(33(27)39)24-15-13-22(14-16-24)29-18-28(26-11-5-8-21(2)32(26)36-29)35(41)43-19-30(38)23-9-6-10-25(17-23)42-3/h4-11,13-18,20,27,31H,12,19H2,1-3H3. The fourth-order valence-electron chi connectivity index (χ4n) is 5.98. The van der Waals surface area contributed by atoms with Gasteiger partial charge >= 0.3 is 5.97 Å². The van der Waals surface area contributed by atoms with Crippen molar-refractivity contribution in [1.82, 2.24) is 4.98 Å². The lowest BCUT2D eigenvalue weighted by Gasteiger charge is -2.22. The Bertz CT molecular complexity index is 1810. The number of carbonyl (C=O) groups is 4. The number of methoxy groups -OCH3 is 1. The molecule has 216 valence electrons. The molecular weight excluding hydrogens is 544 g/mol. The van der Waals surface area contributed by atoms with Gasteiger partial charge in [-0.15, -0.1) is 0 Å². The highest BCUT2D eigenvalue weighted by molar-refractivity contribution is 6.22. The van der Waals surface area contributed by atoms with E-state index in [0.717, 1.165) is 5.56 Å². The van der Waals surface area contributed by atoms with Gasteiger partial charge in [-0.3, -0.25) is 19.3 Å².